The number of hydrogen-bond acceptors (Lipinski definition) is 3. The van der Waals surface area contributed by atoms with Gasteiger partial charge in [-0.3, -0.25) is 0 Å². The Morgan fingerprint density at radius 2 is 2.14 bits per heavy atom. The highest BCUT2D eigenvalue weighted by molar-refractivity contribution is 7.89. The average Bonchev–Trinajstić information content (AvgIpc) is 2.09. The molecule has 0 radical (unpaired) electrons. The highest BCUT2D eigenvalue weighted by Crippen LogP contribution is 2.15. The molecule has 0 amide bonds. The second kappa shape index (κ2) is 6.16. The van der Waals surface area contributed by atoms with Crippen molar-refractivity contribution in [2.45, 2.75) is 25.0 Å². The van der Waals surface area contributed by atoms with Gasteiger partial charge in [0.1, 0.15) is 0 Å². The maximum absolute atomic E-state index is 11.2. The summed E-state index contributed by atoms with van der Waals surface area (Å²) >= 11 is 0. The van der Waals surface area contributed by atoms with Gasteiger partial charge in [-0.1, -0.05) is 13.0 Å². The minimum absolute atomic E-state index is 0.148. The van der Waals surface area contributed by atoms with E-state index in [4.69, 9.17) is 9.88 Å². The number of hydrogen-bond donors (Lipinski definition) is 1. The normalized spacial score (nSPS) is 16.2. The maximum Gasteiger partial charge on any atom is 0.212 e. The third kappa shape index (κ3) is 5.36. The number of ether oxygens (including phenoxy) is 1. The van der Waals surface area contributed by atoms with E-state index >= 15 is 0 Å². The lowest BCUT2D eigenvalue weighted by Gasteiger charge is -2.16. The zero-order valence-electron chi connectivity index (χ0n) is 8.77. The molecule has 2 atom stereocenters. The smallest absolute Gasteiger partial charge is 0.212 e. The van der Waals surface area contributed by atoms with E-state index in [-0.39, 0.29) is 5.92 Å². The van der Waals surface area contributed by atoms with E-state index in [0.717, 1.165) is 0 Å². The first-order valence-corrected chi connectivity index (χ1v) is 6.15. The molecule has 2 N–H and O–H groups in total. The summed E-state index contributed by atoms with van der Waals surface area (Å²) in [6, 6.07) is 0. The predicted molar refractivity (Wildman–Crippen MR) is 57.4 cm³/mol. The largest absolute Gasteiger partial charge is 0.385 e. The van der Waals surface area contributed by atoms with Crippen LogP contribution in [-0.2, 0) is 14.8 Å². The predicted octanol–water partition coefficient (Wildman–Crippen LogP) is 0.892. The Morgan fingerprint density at radius 3 is 2.50 bits per heavy atom. The molecule has 5 heteroatoms. The number of primary sulfonamides is 1. The quantitative estimate of drug-likeness (QED) is 0.649. The molecule has 0 aromatic rings. The summed E-state index contributed by atoms with van der Waals surface area (Å²) in [5.74, 6) is 0.148. The Hall–Kier alpha value is -0.390. The fourth-order valence-electron chi connectivity index (χ4n) is 1.18. The summed E-state index contributed by atoms with van der Waals surface area (Å²) in [7, 11) is -1.93. The molecule has 0 bridgehead atoms. The minimum Gasteiger partial charge on any atom is -0.385 e. The first-order valence-electron chi connectivity index (χ1n) is 4.55. The van der Waals surface area contributed by atoms with E-state index in [1.54, 1.807) is 6.08 Å². The lowest BCUT2D eigenvalue weighted by molar-refractivity contribution is 0.191. The van der Waals surface area contributed by atoms with Crippen LogP contribution in [0.5, 0.6) is 0 Å². The number of rotatable bonds is 7. The highest BCUT2D eigenvalue weighted by Gasteiger charge is 2.22. The van der Waals surface area contributed by atoms with E-state index in [9.17, 15) is 8.42 Å². The van der Waals surface area contributed by atoms with Crippen LogP contribution in [0.1, 0.15) is 19.8 Å². The van der Waals surface area contributed by atoms with Crippen molar-refractivity contribution < 1.29 is 13.2 Å². The van der Waals surface area contributed by atoms with Gasteiger partial charge < -0.3 is 4.74 Å². The van der Waals surface area contributed by atoms with E-state index in [2.05, 4.69) is 6.58 Å². The average molecular weight is 221 g/mol. The van der Waals surface area contributed by atoms with Crippen molar-refractivity contribution in [3.63, 3.8) is 0 Å². The summed E-state index contributed by atoms with van der Waals surface area (Å²) < 4.78 is 27.2. The van der Waals surface area contributed by atoms with Gasteiger partial charge in [-0.25, -0.2) is 13.6 Å². The Morgan fingerprint density at radius 1 is 1.57 bits per heavy atom. The molecular formula is C9H19NO3S. The van der Waals surface area contributed by atoms with E-state index in [0.29, 0.717) is 19.4 Å². The van der Waals surface area contributed by atoms with Crippen molar-refractivity contribution in [3.8, 4) is 0 Å². The zero-order valence-corrected chi connectivity index (χ0v) is 9.59. The fourth-order valence-corrected chi connectivity index (χ4v) is 2.17. The molecule has 0 spiro atoms. The van der Waals surface area contributed by atoms with Gasteiger partial charge in [0.05, 0.1) is 5.25 Å². The number of allylic oxidation sites excluding steroid dienone is 1. The Labute approximate surface area is 86.2 Å². The van der Waals surface area contributed by atoms with Crippen molar-refractivity contribution in [3.05, 3.63) is 12.7 Å². The lowest BCUT2D eigenvalue weighted by Crippen LogP contribution is -2.31. The van der Waals surface area contributed by atoms with Crippen LogP contribution in [0, 0.1) is 5.92 Å². The fraction of sp³-hybridized carbons (Fsp3) is 0.778. The lowest BCUT2D eigenvalue weighted by atomic mass is 10.0. The molecule has 0 rings (SSSR count). The first-order chi connectivity index (χ1) is 6.41. The Bertz CT molecular complexity index is 261. The van der Waals surface area contributed by atoms with E-state index in [1.165, 1.54) is 7.11 Å². The van der Waals surface area contributed by atoms with Gasteiger partial charge in [0.15, 0.2) is 0 Å². The Kier molecular flexibility index (Phi) is 5.99. The monoisotopic (exact) mass is 221 g/mol. The first kappa shape index (κ1) is 13.6. The third-order valence-corrected chi connectivity index (χ3v) is 3.50. The van der Waals surface area contributed by atoms with Gasteiger partial charge in [0.25, 0.3) is 0 Å². The van der Waals surface area contributed by atoms with Crippen molar-refractivity contribution in [2.75, 3.05) is 13.7 Å². The van der Waals surface area contributed by atoms with E-state index in [1.807, 2.05) is 6.92 Å². The standard InChI is InChI=1S/C9H19NO3S/c1-4-8(2)7-9(5-6-13-3)14(10,11)12/h4,8-9H,1,5-7H2,2-3H3,(H2,10,11,12)/t8-,9-/m0/s1. The van der Waals surface area contributed by atoms with Crippen molar-refractivity contribution in [2.24, 2.45) is 11.1 Å². The van der Waals surface area contributed by atoms with Crippen LogP contribution in [0.3, 0.4) is 0 Å². The minimum atomic E-state index is -3.47. The van der Waals surface area contributed by atoms with Gasteiger partial charge in [0, 0.05) is 13.7 Å². The molecule has 0 aliphatic heterocycles. The van der Waals surface area contributed by atoms with Gasteiger partial charge in [-0.2, -0.15) is 0 Å². The number of methoxy groups -OCH3 is 1. The summed E-state index contributed by atoms with van der Waals surface area (Å²) in [5, 5.41) is 4.57. The molecule has 0 saturated carbocycles. The topological polar surface area (TPSA) is 69.4 Å². The molecule has 0 aliphatic carbocycles. The van der Waals surface area contributed by atoms with Crippen molar-refractivity contribution in [1.82, 2.24) is 0 Å². The van der Waals surface area contributed by atoms with E-state index < -0.39 is 15.3 Å². The second-order valence-corrected chi connectivity index (χ2v) is 5.29. The van der Waals surface area contributed by atoms with Crippen LogP contribution in [0.25, 0.3) is 0 Å². The van der Waals surface area contributed by atoms with Crippen LogP contribution in [-0.4, -0.2) is 27.4 Å². The molecule has 0 saturated heterocycles. The van der Waals surface area contributed by atoms with Crippen LogP contribution >= 0.6 is 0 Å². The zero-order chi connectivity index (χ0) is 11.2. The summed E-state index contributed by atoms with van der Waals surface area (Å²) in [6.45, 7) is 5.93. The molecule has 0 aromatic heterocycles. The molecule has 84 valence electrons. The van der Waals surface area contributed by atoms with Gasteiger partial charge in [-0.15, -0.1) is 6.58 Å². The molecule has 4 nitrogen and oxygen atoms in total. The molecular weight excluding hydrogens is 202 g/mol. The van der Waals surface area contributed by atoms with Crippen LogP contribution in [0.4, 0.5) is 0 Å². The van der Waals surface area contributed by atoms with Crippen molar-refractivity contribution in [1.29, 1.82) is 0 Å². The molecule has 0 aliphatic rings. The molecule has 14 heavy (non-hydrogen) atoms. The highest BCUT2D eigenvalue weighted by atomic mass is 32.2. The molecule has 0 aromatic carbocycles. The van der Waals surface area contributed by atoms with Gasteiger partial charge >= 0.3 is 0 Å². The summed E-state index contributed by atoms with van der Waals surface area (Å²) in [5.41, 5.74) is 0. The molecule has 0 unspecified atom stereocenters. The maximum atomic E-state index is 11.2. The van der Waals surface area contributed by atoms with Crippen molar-refractivity contribution >= 4 is 10.0 Å². The Balaban J connectivity index is 4.33. The molecule has 0 fully saturated rings. The van der Waals surface area contributed by atoms with Gasteiger partial charge in [0.2, 0.25) is 10.0 Å². The SMILES string of the molecule is C=C[C@H](C)C[C@H](CCOC)S(N)(=O)=O. The van der Waals surface area contributed by atoms with Gasteiger partial charge in [-0.05, 0) is 18.8 Å². The molecule has 0 heterocycles. The summed E-state index contributed by atoms with van der Waals surface area (Å²) in [4.78, 5) is 0. The van der Waals surface area contributed by atoms with Crippen LogP contribution < -0.4 is 5.14 Å². The van der Waals surface area contributed by atoms with Crippen LogP contribution in [0.2, 0.25) is 0 Å². The second-order valence-electron chi connectivity index (χ2n) is 3.44. The third-order valence-electron chi connectivity index (χ3n) is 2.15. The number of sulfonamides is 1. The van der Waals surface area contributed by atoms with Crippen LogP contribution in [0.15, 0.2) is 12.7 Å². The number of nitrogens with two attached hydrogens (primary N) is 1. The summed E-state index contributed by atoms with van der Waals surface area (Å²) in [6.07, 6.45) is 2.67.